The number of ether oxygens (including phenoxy) is 2. The molecule has 158 valence electrons. The summed E-state index contributed by atoms with van der Waals surface area (Å²) >= 11 is 1.49. The van der Waals surface area contributed by atoms with Crippen LogP contribution in [-0.2, 0) is 13.2 Å². The molecule has 0 radical (unpaired) electrons. The fourth-order valence-corrected chi connectivity index (χ4v) is 3.64. The van der Waals surface area contributed by atoms with Gasteiger partial charge in [0.25, 0.3) is 5.91 Å². The Morgan fingerprint density at radius 2 is 1.87 bits per heavy atom. The second-order valence-corrected chi connectivity index (χ2v) is 7.81. The number of thiazole rings is 1. The molecule has 1 aromatic heterocycles. The maximum atomic E-state index is 13.2. The SMILES string of the molecule is CC[C@H](C)N(Cc1csc(COc2ccccc2OC)n1)C(=O)c1ccc(F)cc1. The van der Waals surface area contributed by atoms with Crippen molar-refractivity contribution in [2.75, 3.05) is 7.11 Å². The Hall–Kier alpha value is -2.93. The Bertz CT molecular complexity index is 975. The standard InChI is InChI=1S/C23H25FN2O3S/c1-4-16(2)26(23(27)17-9-11-18(24)12-10-17)13-19-15-30-22(25-19)14-29-21-8-6-5-7-20(21)28-3/h5-12,15-16H,4,13-14H2,1-3H3/t16-/m0/s1. The van der Waals surface area contributed by atoms with E-state index in [4.69, 9.17) is 9.47 Å². The van der Waals surface area contributed by atoms with Gasteiger partial charge in [-0.05, 0) is 49.7 Å². The number of amides is 1. The smallest absolute Gasteiger partial charge is 0.254 e. The topological polar surface area (TPSA) is 51.7 Å². The molecule has 3 rings (SSSR count). The summed E-state index contributed by atoms with van der Waals surface area (Å²) in [5.41, 5.74) is 1.26. The first kappa shape index (κ1) is 21.8. The molecule has 0 N–H and O–H groups in total. The van der Waals surface area contributed by atoms with E-state index in [0.717, 1.165) is 17.1 Å². The van der Waals surface area contributed by atoms with E-state index < -0.39 is 0 Å². The lowest BCUT2D eigenvalue weighted by molar-refractivity contribution is 0.0669. The number of carbonyl (C=O) groups excluding carboxylic acids is 1. The molecule has 0 bridgehead atoms. The maximum absolute atomic E-state index is 13.2. The van der Waals surface area contributed by atoms with Crippen molar-refractivity contribution < 1.29 is 18.7 Å². The van der Waals surface area contributed by atoms with Crippen molar-refractivity contribution >= 4 is 17.2 Å². The van der Waals surface area contributed by atoms with Crippen LogP contribution >= 0.6 is 11.3 Å². The molecule has 1 amide bonds. The van der Waals surface area contributed by atoms with Gasteiger partial charge in [0.1, 0.15) is 17.4 Å². The molecule has 0 unspecified atom stereocenters. The molecule has 2 aromatic carbocycles. The van der Waals surface area contributed by atoms with Gasteiger partial charge in [-0.1, -0.05) is 19.1 Å². The minimum Gasteiger partial charge on any atom is -0.493 e. The lowest BCUT2D eigenvalue weighted by Gasteiger charge is -2.28. The molecule has 7 heteroatoms. The van der Waals surface area contributed by atoms with Gasteiger partial charge in [0.2, 0.25) is 0 Å². The summed E-state index contributed by atoms with van der Waals surface area (Å²) in [7, 11) is 1.60. The molecule has 0 fully saturated rings. The van der Waals surface area contributed by atoms with Gasteiger partial charge < -0.3 is 14.4 Å². The van der Waals surface area contributed by atoms with Crippen molar-refractivity contribution in [2.24, 2.45) is 0 Å². The third kappa shape index (κ3) is 5.36. The summed E-state index contributed by atoms with van der Waals surface area (Å²) in [6.07, 6.45) is 0.806. The van der Waals surface area contributed by atoms with E-state index in [9.17, 15) is 9.18 Å². The highest BCUT2D eigenvalue weighted by Crippen LogP contribution is 2.27. The zero-order chi connectivity index (χ0) is 21.5. The number of hydrogen-bond donors (Lipinski definition) is 0. The minimum atomic E-state index is -0.360. The fourth-order valence-electron chi connectivity index (χ4n) is 2.95. The molecule has 0 saturated carbocycles. The molecular formula is C23H25FN2O3S. The molecule has 0 spiro atoms. The van der Waals surface area contributed by atoms with Crippen molar-refractivity contribution in [3.63, 3.8) is 0 Å². The number of para-hydroxylation sites is 2. The number of methoxy groups -OCH3 is 1. The van der Waals surface area contributed by atoms with Crippen LogP contribution in [0, 0.1) is 5.82 Å². The van der Waals surface area contributed by atoms with Crippen LogP contribution in [-0.4, -0.2) is 28.9 Å². The van der Waals surface area contributed by atoms with Crippen LogP contribution in [0.3, 0.4) is 0 Å². The van der Waals surface area contributed by atoms with Crippen LogP contribution in [0.5, 0.6) is 11.5 Å². The Morgan fingerprint density at radius 3 is 2.53 bits per heavy atom. The van der Waals surface area contributed by atoms with Crippen LogP contribution in [0.4, 0.5) is 4.39 Å². The van der Waals surface area contributed by atoms with E-state index in [1.54, 1.807) is 12.0 Å². The van der Waals surface area contributed by atoms with Crippen molar-refractivity contribution in [2.45, 2.75) is 39.5 Å². The van der Waals surface area contributed by atoms with E-state index in [-0.39, 0.29) is 17.8 Å². The molecule has 0 aliphatic heterocycles. The highest BCUT2D eigenvalue weighted by atomic mass is 32.1. The first-order chi connectivity index (χ1) is 14.5. The molecule has 30 heavy (non-hydrogen) atoms. The Balaban J connectivity index is 1.69. The minimum absolute atomic E-state index is 0.0255. The number of hydrogen-bond acceptors (Lipinski definition) is 5. The number of aromatic nitrogens is 1. The molecule has 0 aliphatic carbocycles. The third-order valence-electron chi connectivity index (χ3n) is 4.83. The predicted octanol–water partition coefficient (Wildman–Crippen LogP) is 5.31. The summed E-state index contributed by atoms with van der Waals surface area (Å²) in [5, 5.41) is 2.75. The third-order valence-corrected chi connectivity index (χ3v) is 5.70. The molecule has 0 saturated heterocycles. The van der Waals surface area contributed by atoms with E-state index in [2.05, 4.69) is 4.98 Å². The highest BCUT2D eigenvalue weighted by Gasteiger charge is 2.22. The lowest BCUT2D eigenvalue weighted by Crippen LogP contribution is -2.37. The van der Waals surface area contributed by atoms with Gasteiger partial charge in [0.15, 0.2) is 11.5 Å². The molecule has 3 aromatic rings. The van der Waals surface area contributed by atoms with Crippen LogP contribution in [0.25, 0.3) is 0 Å². The van der Waals surface area contributed by atoms with Crippen LogP contribution < -0.4 is 9.47 Å². The second-order valence-electron chi connectivity index (χ2n) is 6.87. The maximum Gasteiger partial charge on any atom is 0.254 e. The summed E-state index contributed by atoms with van der Waals surface area (Å²) in [6.45, 7) is 4.74. The number of halogens is 1. The van der Waals surface area contributed by atoms with E-state index in [1.165, 1.54) is 35.6 Å². The number of rotatable bonds is 9. The van der Waals surface area contributed by atoms with Crippen molar-refractivity contribution in [1.29, 1.82) is 0 Å². The summed E-state index contributed by atoms with van der Waals surface area (Å²) in [6, 6.07) is 13.1. The van der Waals surface area contributed by atoms with Crippen LogP contribution in [0.2, 0.25) is 0 Å². The summed E-state index contributed by atoms with van der Waals surface area (Å²) in [5.74, 6) is 0.830. The first-order valence-electron chi connectivity index (χ1n) is 9.77. The average molecular weight is 429 g/mol. The summed E-state index contributed by atoms with van der Waals surface area (Å²) in [4.78, 5) is 19.4. The largest absolute Gasteiger partial charge is 0.493 e. The monoisotopic (exact) mass is 428 g/mol. The number of nitrogens with zero attached hydrogens (tertiary/aromatic N) is 2. The Labute approximate surface area is 180 Å². The zero-order valence-electron chi connectivity index (χ0n) is 17.3. The lowest BCUT2D eigenvalue weighted by atomic mass is 10.1. The van der Waals surface area contributed by atoms with Crippen LogP contribution in [0.15, 0.2) is 53.9 Å². The molecule has 1 atom stereocenters. The van der Waals surface area contributed by atoms with Gasteiger partial charge >= 0.3 is 0 Å². The predicted molar refractivity (Wildman–Crippen MR) is 115 cm³/mol. The van der Waals surface area contributed by atoms with Crippen molar-refractivity contribution in [1.82, 2.24) is 9.88 Å². The normalized spacial score (nSPS) is 11.7. The Morgan fingerprint density at radius 1 is 1.17 bits per heavy atom. The molecule has 0 aliphatic rings. The van der Waals surface area contributed by atoms with Gasteiger partial charge in [-0.2, -0.15) is 0 Å². The number of carbonyl (C=O) groups is 1. The van der Waals surface area contributed by atoms with E-state index in [0.29, 0.717) is 30.2 Å². The van der Waals surface area contributed by atoms with Gasteiger partial charge in [0.05, 0.1) is 19.3 Å². The van der Waals surface area contributed by atoms with E-state index in [1.807, 2.05) is 43.5 Å². The number of benzene rings is 2. The molecule has 5 nitrogen and oxygen atoms in total. The van der Waals surface area contributed by atoms with Crippen LogP contribution in [0.1, 0.15) is 41.3 Å². The zero-order valence-corrected chi connectivity index (χ0v) is 18.1. The highest BCUT2D eigenvalue weighted by molar-refractivity contribution is 7.09. The van der Waals surface area contributed by atoms with Crippen molar-refractivity contribution in [3.8, 4) is 11.5 Å². The molecular weight excluding hydrogens is 403 g/mol. The van der Waals surface area contributed by atoms with Gasteiger partial charge in [-0.25, -0.2) is 9.37 Å². The average Bonchev–Trinajstić information content (AvgIpc) is 3.23. The molecule has 1 heterocycles. The van der Waals surface area contributed by atoms with Gasteiger partial charge in [-0.3, -0.25) is 4.79 Å². The van der Waals surface area contributed by atoms with E-state index >= 15 is 0 Å². The summed E-state index contributed by atoms with van der Waals surface area (Å²) < 4.78 is 24.3. The first-order valence-corrected chi connectivity index (χ1v) is 10.7. The van der Waals surface area contributed by atoms with Gasteiger partial charge in [0, 0.05) is 17.0 Å². The Kier molecular flexibility index (Phi) is 7.41. The second kappa shape index (κ2) is 10.2. The van der Waals surface area contributed by atoms with Gasteiger partial charge in [-0.15, -0.1) is 11.3 Å². The fraction of sp³-hybridized carbons (Fsp3) is 0.304. The quantitative estimate of drug-likeness (QED) is 0.463. The van der Waals surface area contributed by atoms with Crippen molar-refractivity contribution in [3.05, 3.63) is 76.0 Å².